The molecule has 1 aliphatic rings. The van der Waals surface area contributed by atoms with Crippen LogP contribution in [-0.4, -0.2) is 48.1 Å². The van der Waals surface area contributed by atoms with Gasteiger partial charge in [0.25, 0.3) is 0 Å². The van der Waals surface area contributed by atoms with E-state index in [9.17, 15) is 0 Å². The highest BCUT2D eigenvalue weighted by Crippen LogP contribution is 2.19. The Morgan fingerprint density at radius 1 is 1.38 bits per heavy atom. The van der Waals surface area contributed by atoms with Gasteiger partial charge in [-0.2, -0.15) is 11.8 Å². The second-order valence-corrected chi connectivity index (χ2v) is 6.96. The van der Waals surface area contributed by atoms with Crippen LogP contribution in [0.1, 0.15) is 34.1 Å². The predicted octanol–water partition coefficient (Wildman–Crippen LogP) is 2.45. The number of hydrogen-bond acceptors (Lipinski definition) is 3. The quantitative estimate of drug-likeness (QED) is 0.723. The van der Waals surface area contributed by atoms with Gasteiger partial charge in [-0.05, 0) is 25.8 Å². The average molecular weight is 244 g/mol. The normalized spacial score (nSPS) is 24.9. The molecule has 0 saturated carbocycles. The van der Waals surface area contributed by atoms with Gasteiger partial charge in [0, 0.05) is 36.7 Å². The van der Waals surface area contributed by atoms with E-state index in [1.807, 2.05) is 0 Å². The van der Waals surface area contributed by atoms with Gasteiger partial charge in [0.05, 0.1) is 0 Å². The van der Waals surface area contributed by atoms with Crippen LogP contribution in [0.4, 0.5) is 0 Å². The summed E-state index contributed by atoms with van der Waals surface area (Å²) in [7, 11) is 0. The molecular weight excluding hydrogens is 216 g/mol. The zero-order chi connectivity index (χ0) is 12.0. The molecule has 0 aromatic carbocycles. The van der Waals surface area contributed by atoms with Gasteiger partial charge in [-0.25, -0.2) is 0 Å². The molecule has 96 valence electrons. The lowest BCUT2D eigenvalue weighted by molar-refractivity contribution is 0.213. The van der Waals surface area contributed by atoms with Gasteiger partial charge in [-0.3, -0.25) is 4.90 Å². The molecule has 0 amide bonds. The zero-order valence-corrected chi connectivity index (χ0v) is 12.1. The minimum Gasteiger partial charge on any atom is -0.315 e. The molecule has 2 unspecified atom stereocenters. The molecule has 1 heterocycles. The van der Waals surface area contributed by atoms with Crippen molar-refractivity contribution in [2.75, 3.05) is 31.9 Å². The first-order valence-corrected chi connectivity index (χ1v) is 7.71. The van der Waals surface area contributed by atoms with Crippen molar-refractivity contribution < 1.29 is 0 Å². The Kier molecular flexibility index (Phi) is 6.78. The minimum atomic E-state index is 0.690. The fraction of sp³-hybridized carbons (Fsp3) is 1.00. The maximum atomic E-state index is 3.58. The van der Waals surface area contributed by atoms with Gasteiger partial charge < -0.3 is 5.32 Å². The first-order chi connectivity index (χ1) is 7.59. The Morgan fingerprint density at radius 2 is 2.12 bits per heavy atom. The van der Waals surface area contributed by atoms with Crippen molar-refractivity contribution in [1.29, 1.82) is 0 Å². The summed E-state index contributed by atoms with van der Waals surface area (Å²) in [6.45, 7) is 14.1. The SMILES string of the molecule is CC(C)CCNCC(C)N1CCSC(C)C1. The Hall–Kier alpha value is 0.270. The van der Waals surface area contributed by atoms with E-state index in [-0.39, 0.29) is 0 Å². The van der Waals surface area contributed by atoms with Crippen LogP contribution in [0, 0.1) is 5.92 Å². The summed E-state index contributed by atoms with van der Waals surface area (Å²) in [5.41, 5.74) is 0. The summed E-state index contributed by atoms with van der Waals surface area (Å²) >= 11 is 2.11. The van der Waals surface area contributed by atoms with Crippen LogP contribution in [0.3, 0.4) is 0 Å². The number of thioether (sulfide) groups is 1. The van der Waals surface area contributed by atoms with E-state index in [1.54, 1.807) is 0 Å². The second-order valence-electron chi connectivity index (χ2n) is 5.41. The lowest BCUT2D eigenvalue weighted by atomic mass is 10.1. The maximum absolute atomic E-state index is 3.58. The largest absolute Gasteiger partial charge is 0.315 e. The molecule has 0 bridgehead atoms. The molecule has 3 heteroatoms. The van der Waals surface area contributed by atoms with E-state index >= 15 is 0 Å². The molecule has 0 radical (unpaired) electrons. The van der Waals surface area contributed by atoms with Gasteiger partial charge in [0.2, 0.25) is 0 Å². The van der Waals surface area contributed by atoms with E-state index in [0.717, 1.165) is 17.7 Å². The van der Waals surface area contributed by atoms with Crippen molar-refractivity contribution in [1.82, 2.24) is 10.2 Å². The molecule has 1 N–H and O–H groups in total. The van der Waals surface area contributed by atoms with E-state index in [4.69, 9.17) is 0 Å². The van der Waals surface area contributed by atoms with Crippen molar-refractivity contribution >= 4 is 11.8 Å². The number of nitrogens with one attached hydrogen (secondary N) is 1. The van der Waals surface area contributed by atoms with E-state index in [1.165, 1.54) is 31.8 Å². The van der Waals surface area contributed by atoms with Gasteiger partial charge in [-0.1, -0.05) is 20.8 Å². The third kappa shape index (κ3) is 5.55. The molecule has 2 atom stereocenters. The first-order valence-electron chi connectivity index (χ1n) is 6.66. The highest BCUT2D eigenvalue weighted by molar-refractivity contribution is 7.99. The molecule has 1 rings (SSSR count). The van der Waals surface area contributed by atoms with Gasteiger partial charge in [0.15, 0.2) is 0 Å². The minimum absolute atomic E-state index is 0.690. The van der Waals surface area contributed by atoms with Crippen LogP contribution in [-0.2, 0) is 0 Å². The topological polar surface area (TPSA) is 15.3 Å². The van der Waals surface area contributed by atoms with Crippen LogP contribution in [0.5, 0.6) is 0 Å². The van der Waals surface area contributed by atoms with E-state index < -0.39 is 0 Å². The van der Waals surface area contributed by atoms with Gasteiger partial charge >= 0.3 is 0 Å². The summed E-state index contributed by atoms with van der Waals surface area (Å²) in [6.07, 6.45) is 1.29. The van der Waals surface area contributed by atoms with Crippen molar-refractivity contribution in [2.24, 2.45) is 5.92 Å². The van der Waals surface area contributed by atoms with Crippen molar-refractivity contribution in [3.05, 3.63) is 0 Å². The third-order valence-corrected chi connectivity index (χ3v) is 4.37. The van der Waals surface area contributed by atoms with Gasteiger partial charge in [0.1, 0.15) is 0 Å². The molecule has 1 fully saturated rings. The molecule has 2 nitrogen and oxygen atoms in total. The average Bonchev–Trinajstić information content (AvgIpc) is 2.24. The monoisotopic (exact) mass is 244 g/mol. The molecule has 16 heavy (non-hydrogen) atoms. The molecule has 1 saturated heterocycles. The zero-order valence-electron chi connectivity index (χ0n) is 11.3. The number of nitrogens with zero attached hydrogens (tertiary/aromatic N) is 1. The highest BCUT2D eigenvalue weighted by atomic mass is 32.2. The lowest BCUT2D eigenvalue weighted by Gasteiger charge is -2.35. The van der Waals surface area contributed by atoms with Crippen LogP contribution in [0.15, 0.2) is 0 Å². The van der Waals surface area contributed by atoms with E-state index in [2.05, 4.69) is 49.7 Å². The molecule has 0 aromatic heterocycles. The Bertz CT molecular complexity index is 185. The van der Waals surface area contributed by atoms with Crippen LogP contribution >= 0.6 is 11.8 Å². The number of rotatable bonds is 6. The van der Waals surface area contributed by atoms with Crippen LogP contribution in [0.25, 0.3) is 0 Å². The fourth-order valence-corrected chi connectivity index (χ4v) is 3.12. The number of hydrogen-bond donors (Lipinski definition) is 1. The molecule has 0 aromatic rings. The third-order valence-electron chi connectivity index (χ3n) is 3.23. The smallest absolute Gasteiger partial charge is 0.0193 e. The van der Waals surface area contributed by atoms with E-state index in [0.29, 0.717) is 6.04 Å². The summed E-state index contributed by atoms with van der Waals surface area (Å²) in [6, 6.07) is 0.690. The molecule has 1 aliphatic heterocycles. The Morgan fingerprint density at radius 3 is 2.75 bits per heavy atom. The molecular formula is C13H28N2S. The first kappa shape index (κ1) is 14.3. The van der Waals surface area contributed by atoms with Crippen molar-refractivity contribution in [3.8, 4) is 0 Å². The fourth-order valence-electron chi connectivity index (χ4n) is 2.08. The Labute approximate surface area is 106 Å². The van der Waals surface area contributed by atoms with Crippen LogP contribution in [0.2, 0.25) is 0 Å². The second kappa shape index (κ2) is 7.57. The maximum Gasteiger partial charge on any atom is 0.0193 e. The molecule has 0 spiro atoms. The Balaban J connectivity index is 2.11. The summed E-state index contributed by atoms with van der Waals surface area (Å²) in [5, 5.41) is 4.39. The summed E-state index contributed by atoms with van der Waals surface area (Å²) < 4.78 is 0. The molecule has 0 aliphatic carbocycles. The highest BCUT2D eigenvalue weighted by Gasteiger charge is 2.20. The summed E-state index contributed by atoms with van der Waals surface area (Å²) in [5.74, 6) is 2.12. The standard InChI is InChI=1S/C13H28N2S/c1-11(2)5-6-14-9-12(3)15-7-8-16-13(4)10-15/h11-14H,5-10H2,1-4H3. The van der Waals surface area contributed by atoms with Gasteiger partial charge in [-0.15, -0.1) is 0 Å². The summed E-state index contributed by atoms with van der Waals surface area (Å²) in [4.78, 5) is 2.63. The van der Waals surface area contributed by atoms with Crippen molar-refractivity contribution in [2.45, 2.75) is 45.4 Å². The lowest BCUT2D eigenvalue weighted by Crippen LogP contribution is -2.46. The van der Waals surface area contributed by atoms with Crippen LogP contribution < -0.4 is 5.32 Å². The predicted molar refractivity (Wildman–Crippen MR) is 75.3 cm³/mol. The van der Waals surface area contributed by atoms with Crippen molar-refractivity contribution in [3.63, 3.8) is 0 Å².